The SMILES string of the molecule is O=C(O)CC(c1ccccc1)[S+]([O-])c1ccccc1NC(=O)c1cccc(NC2=NCCN2)c1. The molecule has 34 heavy (non-hydrogen) atoms. The van der Waals surface area contributed by atoms with Crippen LogP contribution in [-0.4, -0.2) is 40.6 Å². The molecule has 0 spiro atoms. The minimum atomic E-state index is -1.72. The van der Waals surface area contributed by atoms with E-state index in [1.54, 1.807) is 66.7 Å². The van der Waals surface area contributed by atoms with Crippen LogP contribution in [0.4, 0.5) is 11.4 Å². The summed E-state index contributed by atoms with van der Waals surface area (Å²) in [4.78, 5) is 29.2. The first kappa shape index (κ1) is 23.3. The number of carbonyl (C=O) groups excluding carboxylic acids is 1. The minimum absolute atomic E-state index is 0.301. The lowest BCUT2D eigenvalue weighted by Crippen LogP contribution is -2.26. The predicted molar refractivity (Wildman–Crippen MR) is 133 cm³/mol. The van der Waals surface area contributed by atoms with Crippen LogP contribution in [0.15, 0.2) is 88.8 Å². The molecule has 0 bridgehead atoms. The number of hydrogen-bond acceptors (Lipinski definition) is 6. The Morgan fingerprint density at radius 1 is 1.06 bits per heavy atom. The van der Waals surface area contributed by atoms with Crippen LogP contribution in [-0.2, 0) is 16.0 Å². The average Bonchev–Trinajstić information content (AvgIpc) is 3.36. The summed E-state index contributed by atoms with van der Waals surface area (Å²) >= 11 is -1.72. The lowest BCUT2D eigenvalue weighted by Gasteiger charge is -2.22. The third kappa shape index (κ3) is 5.75. The third-order valence-electron chi connectivity index (χ3n) is 5.20. The fraction of sp³-hybridized carbons (Fsp3) is 0.160. The van der Waals surface area contributed by atoms with Crippen LogP contribution < -0.4 is 16.0 Å². The van der Waals surface area contributed by atoms with Gasteiger partial charge in [0.2, 0.25) is 0 Å². The molecule has 1 aliphatic heterocycles. The number of carboxylic acid groups (broad SMARTS) is 1. The standard InChI is InChI=1S/C25H24N4O4S/c30-23(31)16-22(17-7-2-1-3-8-17)34(33)21-12-5-4-11-20(21)29-24(32)18-9-6-10-19(15-18)28-25-26-13-14-27-25/h1-12,15,22H,13-14,16H2,(H,29,32)(H,30,31)(H2,26,27,28). The van der Waals surface area contributed by atoms with E-state index in [0.717, 1.165) is 6.54 Å². The Balaban J connectivity index is 1.56. The highest BCUT2D eigenvalue weighted by Crippen LogP contribution is 2.35. The zero-order valence-corrected chi connectivity index (χ0v) is 19.0. The largest absolute Gasteiger partial charge is 0.611 e. The number of anilines is 2. The van der Waals surface area contributed by atoms with E-state index in [4.69, 9.17) is 0 Å². The molecule has 4 rings (SSSR count). The van der Waals surface area contributed by atoms with Crippen LogP contribution in [0.5, 0.6) is 0 Å². The summed E-state index contributed by atoms with van der Waals surface area (Å²) in [7, 11) is 0. The maximum atomic E-state index is 13.5. The Morgan fingerprint density at radius 3 is 2.56 bits per heavy atom. The van der Waals surface area contributed by atoms with Crippen molar-refractivity contribution in [2.45, 2.75) is 16.6 Å². The summed E-state index contributed by atoms with van der Waals surface area (Å²) in [6, 6.07) is 22.6. The molecule has 3 aromatic rings. The van der Waals surface area contributed by atoms with Crippen LogP contribution in [0.1, 0.15) is 27.6 Å². The minimum Gasteiger partial charge on any atom is -0.611 e. The molecule has 9 heteroatoms. The lowest BCUT2D eigenvalue weighted by molar-refractivity contribution is -0.137. The Kier molecular flexibility index (Phi) is 7.46. The fourth-order valence-electron chi connectivity index (χ4n) is 3.59. The normalized spacial score (nSPS) is 14.4. The maximum Gasteiger partial charge on any atom is 0.308 e. The number of rotatable bonds is 8. The fourth-order valence-corrected chi connectivity index (χ4v) is 5.15. The van der Waals surface area contributed by atoms with Crippen LogP contribution in [0.2, 0.25) is 0 Å². The van der Waals surface area contributed by atoms with Gasteiger partial charge in [0.1, 0.15) is 0 Å². The molecule has 3 aromatic carbocycles. The van der Waals surface area contributed by atoms with Crippen molar-refractivity contribution in [3.05, 3.63) is 90.0 Å². The summed E-state index contributed by atoms with van der Waals surface area (Å²) in [5, 5.41) is 17.7. The topological polar surface area (TPSA) is 126 Å². The van der Waals surface area contributed by atoms with Gasteiger partial charge in [0.05, 0.1) is 18.7 Å². The number of aliphatic imine (C=N–C) groups is 1. The van der Waals surface area contributed by atoms with Gasteiger partial charge >= 0.3 is 5.97 Å². The smallest absolute Gasteiger partial charge is 0.308 e. The molecule has 0 aromatic heterocycles. The van der Waals surface area contributed by atoms with Gasteiger partial charge in [-0.3, -0.25) is 14.6 Å². The van der Waals surface area contributed by atoms with Crippen molar-refractivity contribution in [1.29, 1.82) is 0 Å². The number of aliphatic carboxylic acids is 1. The molecular weight excluding hydrogens is 452 g/mol. The highest BCUT2D eigenvalue weighted by molar-refractivity contribution is 7.91. The number of nitrogens with one attached hydrogen (secondary N) is 3. The number of carboxylic acids is 1. The van der Waals surface area contributed by atoms with Gasteiger partial charge in [0, 0.05) is 23.4 Å². The summed E-state index contributed by atoms with van der Waals surface area (Å²) in [6.45, 7) is 1.46. The molecule has 8 nitrogen and oxygen atoms in total. The predicted octanol–water partition coefficient (Wildman–Crippen LogP) is 3.63. The number of amides is 1. The molecule has 1 aliphatic rings. The van der Waals surface area contributed by atoms with Gasteiger partial charge in [-0.1, -0.05) is 48.5 Å². The first-order valence-corrected chi connectivity index (χ1v) is 12.0. The van der Waals surface area contributed by atoms with E-state index in [0.29, 0.717) is 39.9 Å². The number of benzene rings is 3. The summed E-state index contributed by atoms with van der Waals surface area (Å²) in [5.74, 6) is -0.762. The Labute approximate surface area is 200 Å². The van der Waals surface area contributed by atoms with Gasteiger partial charge in [0.15, 0.2) is 16.1 Å². The first-order chi connectivity index (χ1) is 16.5. The van der Waals surface area contributed by atoms with Crippen molar-refractivity contribution in [2.24, 2.45) is 4.99 Å². The van der Waals surface area contributed by atoms with Gasteiger partial charge in [-0.2, -0.15) is 0 Å². The highest BCUT2D eigenvalue weighted by atomic mass is 32.2. The number of para-hydroxylation sites is 1. The van der Waals surface area contributed by atoms with Crippen LogP contribution >= 0.6 is 0 Å². The molecule has 1 heterocycles. The lowest BCUT2D eigenvalue weighted by atomic mass is 10.1. The number of hydrogen-bond donors (Lipinski definition) is 4. The Hall–Kier alpha value is -3.82. The molecule has 1 amide bonds. The Morgan fingerprint density at radius 2 is 1.82 bits per heavy atom. The van der Waals surface area contributed by atoms with E-state index >= 15 is 0 Å². The highest BCUT2D eigenvalue weighted by Gasteiger charge is 2.31. The van der Waals surface area contributed by atoms with E-state index in [9.17, 15) is 19.2 Å². The van der Waals surface area contributed by atoms with E-state index in [1.165, 1.54) is 0 Å². The molecule has 0 saturated heterocycles. The van der Waals surface area contributed by atoms with E-state index in [-0.39, 0.29) is 12.3 Å². The number of carbonyl (C=O) groups is 2. The van der Waals surface area contributed by atoms with Crippen molar-refractivity contribution in [3.8, 4) is 0 Å². The molecule has 0 fully saturated rings. The monoisotopic (exact) mass is 476 g/mol. The van der Waals surface area contributed by atoms with Gasteiger partial charge in [-0.15, -0.1) is 0 Å². The second-order valence-electron chi connectivity index (χ2n) is 7.61. The molecule has 4 N–H and O–H groups in total. The molecule has 0 radical (unpaired) electrons. The second-order valence-corrected chi connectivity index (χ2v) is 9.21. The van der Waals surface area contributed by atoms with Gasteiger partial charge in [0.25, 0.3) is 5.91 Å². The van der Waals surface area contributed by atoms with Gasteiger partial charge in [-0.25, -0.2) is 0 Å². The summed E-state index contributed by atoms with van der Waals surface area (Å²) in [5.41, 5.74) is 2.15. The molecule has 2 atom stereocenters. The first-order valence-electron chi connectivity index (χ1n) is 10.7. The molecule has 2 unspecified atom stereocenters. The van der Waals surface area contributed by atoms with Crippen LogP contribution in [0.25, 0.3) is 0 Å². The maximum absolute atomic E-state index is 13.5. The van der Waals surface area contributed by atoms with Crippen LogP contribution in [0.3, 0.4) is 0 Å². The zero-order chi connectivity index (χ0) is 23.9. The van der Waals surface area contributed by atoms with Crippen molar-refractivity contribution < 1.29 is 19.2 Å². The molecule has 174 valence electrons. The van der Waals surface area contributed by atoms with Crippen molar-refractivity contribution in [1.82, 2.24) is 5.32 Å². The van der Waals surface area contributed by atoms with Gasteiger partial charge in [-0.05, 0) is 41.5 Å². The molecule has 0 saturated carbocycles. The molecular formula is C25H24N4O4S. The molecule has 0 aliphatic carbocycles. The summed E-state index contributed by atoms with van der Waals surface area (Å²) < 4.78 is 13.5. The van der Waals surface area contributed by atoms with E-state index in [2.05, 4.69) is 20.9 Å². The van der Waals surface area contributed by atoms with E-state index in [1.807, 2.05) is 12.1 Å². The average molecular weight is 477 g/mol. The quantitative estimate of drug-likeness (QED) is 0.368. The van der Waals surface area contributed by atoms with Crippen LogP contribution in [0, 0.1) is 0 Å². The third-order valence-corrected chi connectivity index (χ3v) is 6.95. The summed E-state index contributed by atoms with van der Waals surface area (Å²) in [6.07, 6.45) is -0.301. The second kappa shape index (κ2) is 10.9. The van der Waals surface area contributed by atoms with Gasteiger partial charge < -0.3 is 25.6 Å². The van der Waals surface area contributed by atoms with E-state index < -0.39 is 22.4 Å². The Bertz CT molecular complexity index is 1200. The van der Waals surface area contributed by atoms with Crippen molar-refractivity contribution in [3.63, 3.8) is 0 Å². The number of guanidine groups is 1. The number of nitrogens with zero attached hydrogens (tertiary/aromatic N) is 1. The van der Waals surface area contributed by atoms with Crippen molar-refractivity contribution >= 4 is 40.4 Å². The van der Waals surface area contributed by atoms with Crippen molar-refractivity contribution in [2.75, 3.05) is 23.7 Å². The zero-order valence-electron chi connectivity index (χ0n) is 18.2.